The highest BCUT2D eigenvalue weighted by molar-refractivity contribution is 7.15. The van der Waals surface area contributed by atoms with E-state index in [1.165, 1.54) is 4.88 Å². The van der Waals surface area contributed by atoms with E-state index in [2.05, 4.69) is 11.8 Å². The van der Waals surface area contributed by atoms with Gasteiger partial charge in [-0.25, -0.2) is 4.98 Å². The van der Waals surface area contributed by atoms with Crippen LogP contribution in [0.4, 0.5) is 5.13 Å². The van der Waals surface area contributed by atoms with Crippen molar-refractivity contribution in [3.8, 4) is 0 Å². The molecule has 0 fully saturated rings. The van der Waals surface area contributed by atoms with E-state index in [9.17, 15) is 0 Å². The van der Waals surface area contributed by atoms with Gasteiger partial charge in [-0.05, 0) is 18.1 Å². The van der Waals surface area contributed by atoms with Gasteiger partial charge in [-0.2, -0.15) is 0 Å². The van der Waals surface area contributed by atoms with Crippen molar-refractivity contribution in [1.29, 1.82) is 0 Å². The summed E-state index contributed by atoms with van der Waals surface area (Å²) in [5.74, 6) is 0. The lowest BCUT2D eigenvalue weighted by Crippen LogP contribution is -2.16. The largest absolute Gasteiger partial charge is 0.347 e. The molecular weight excluding hydrogens is 290 g/mol. The average molecular weight is 310 g/mol. The van der Waals surface area contributed by atoms with Gasteiger partial charge >= 0.3 is 0 Å². The molecule has 3 nitrogen and oxygen atoms in total. The van der Waals surface area contributed by atoms with Gasteiger partial charge in [0.15, 0.2) is 5.13 Å². The quantitative estimate of drug-likeness (QED) is 0.881. The van der Waals surface area contributed by atoms with Gasteiger partial charge in [0.25, 0.3) is 0 Å². The second kappa shape index (κ2) is 7.07. The molecule has 2 aromatic rings. The highest BCUT2D eigenvalue weighted by Crippen LogP contribution is 2.28. The van der Waals surface area contributed by atoms with E-state index in [0.717, 1.165) is 40.8 Å². The summed E-state index contributed by atoms with van der Waals surface area (Å²) in [7, 11) is 2.04. The minimum absolute atomic E-state index is 0.562. The summed E-state index contributed by atoms with van der Waals surface area (Å²) in [6.07, 6.45) is 2.08. The van der Waals surface area contributed by atoms with Crippen LogP contribution < -0.4 is 10.6 Å². The maximum Gasteiger partial charge on any atom is 0.185 e. The van der Waals surface area contributed by atoms with Gasteiger partial charge in [-0.1, -0.05) is 43.1 Å². The van der Waals surface area contributed by atoms with E-state index < -0.39 is 0 Å². The molecule has 0 aliphatic carbocycles. The first-order valence-electron chi connectivity index (χ1n) is 6.78. The van der Waals surface area contributed by atoms with Crippen LogP contribution in [0.25, 0.3) is 0 Å². The van der Waals surface area contributed by atoms with E-state index in [1.54, 1.807) is 11.3 Å². The van der Waals surface area contributed by atoms with Gasteiger partial charge in [0, 0.05) is 30.0 Å². The van der Waals surface area contributed by atoms with Crippen LogP contribution in [0.3, 0.4) is 0 Å². The van der Waals surface area contributed by atoms with Gasteiger partial charge < -0.3 is 10.6 Å². The molecule has 0 aliphatic heterocycles. The van der Waals surface area contributed by atoms with Crippen molar-refractivity contribution < 1.29 is 0 Å². The van der Waals surface area contributed by atoms with Crippen molar-refractivity contribution in [2.75, 3.05) is 11.9 Å². The summed E-state index contributed by atoms with van der Waals surface area (Å²) in [6.45, 7) is 3.47. The Kier molecular flexibility index (Phi) is 5.40. The third-order valence-electron chi connectivity index (χ3n) is 3.13. The van der Waals surface area contributed by atoms with E-state index in [0.29, 0.717) is 6.54 Å². The van der Waals surface area contributed by atoms with E-state index in [-0.39, 0.29) is 0 Å². The highest BCUT2D eigenvalue weighted by atomic mass is 35.5. The molecule has 0 saturated heterocycles. The lowest BCUT2D eigenvalue weighted by molar-refractivity contribution is 0.855. The Labute approximate surface area is 129 Å². The molecule has 2 rings (SSSR count). The summed E-state index contributed by atoms with van der Waals surface area (Å²) in [4.78, 5) is 8.03. The number of halogens is 1. The molecule has 20 heavy (non-hydrogen) atoms. The Hall–Kier alpha value is -1.10. The van der Waals surface area contributed by atoms with Crippen molar-refractivity contribution in [2.24, 2.45) is 5.73 Å². The van der Waals surface area contributed by atoms with Gasteiger partial charge in [0.05, 0.1) is 5.69 Å². The molecule has 0 unspecified atom stereocenters. The molecule has 1 aromatic carbocycles. The lowest BCUT2D eigenvalue weighted by atomic mass is 10.2. The second-order valence-electron chi connectivity index (χ2n) is 4.77. The smallest absolute Gasteiger partial charge is 0.185 e. The van der Waals surface area contributed by atoms with Crippen LogP contribution in [0, 0.1) is 0 Å². The molecule has 5 heteroatoms. The molecule has 0 spiro atoms. The Morgan fingerprint density at radius 2 is 2.10 bits per heavy atom. The molecule has 0 atom stereocenters. The van der Waals surface area contributed by atoms with Crippen LogP contribution in [-0.4, -0.2) is 12.0 Å². The minimum Gasteiger partial charge on any atom is -0.347 e. The van der Waals surface area contributed by atoms with Crippen molar-refractivity contribution >= 4 is 28.1 Å². The molecule has 1 aromatic heterocycles. The van der Waals surface area contributed by atoms with E-state index in [1.807, 2.05) is 31.3 Å². The average Bonchev–Trinajstić information content (AvgIpc) is 2.85. The van der Waals surface area contributed by atoms with Gasteiger partial charge in [-0.15, -0.1) is 11.3 Å². The monoisotopic (exact) mass is 309 g/mol. The molecule has 0 aliphatic rings. The number of rotatable bonds is 6. The second-order valence-corrected chi connectivity index (χ2v) is 6.24. The maximum atomic E-state index is 6.21. The number of anilines is 1. The zero-order valence-electron chi connectivity index (χ0n) is 11.9. The maximum absolute atomic E-state index is 6.21. The Morgan fingerprint density at radius 3 is 2.75 bits per heavy atom. The van der Waals surface area contributed by atoms with Crippen LogP contribution in [0.1, 0.15) is 29.5 Å². The normalized spacial score (nSPS) is 10.8. The van der Waals surface area contributed by atoms with Gasteiger partial charge in [0.1, 0.15) is 0 Å². The molecular formula is C15H20ClN3S. The number of nitrogens with two attached hydrogens (primary N) is 1. The first-order valence-corrected chi connectivity index (χ1v) is 7.98. The molecule has 1 heterocycles. The highest BCUT2D eigenvalue weighted by Gasteiger charge is 2.13. The third-order valence-corrected chi connectivity index (χ3v) is 4.73. The summed E-state index contributed by atoms with van der Waals surface area (Å²) >= 11 is 7.88. The fourth-order valence-electron chi connectivity index (χ4n) is 2.07. The zero-order chi connectivity index (χ0) is 14.5. The van der Waals surface area contributed by atoms with Crippen LogP contribution in [0.15, 0.2) is 24.3 Å². The van der Waals surface area contributed by atoms with Crippen LogP contribution in [0.5, 0.6) is 0 Å². The SMILES string of the molecule is CCCc1nc(N(C)Cc2ccccc2Cl)sc1CN. The topological polar surface area (TPSA) is 42.2 Å². The van der Waals surface area contributed by atoms with E-state index in [4.69, 9.17) is 22.3 Å². The Bertz CT molecular complexity index is 568. The zero-order valence-corrected chi connectivity index (χ0v) is 13.5. The summed E-state index contributed by atoms with van der Waals surface area (Å²) < 4.78 is 0. The fraction of sp³-hybridized carbons (Fsp3) is 0.400. The van der Waals surface area contributed by atoms with Crippen molar-refractivity contribution in [1.82, 2.24) is 4.98 Å². The first-order chi connectivity index (χ1) is 9.65. The lowest BCUT2D eigenvalue weighted by Gasteiger charge is -2.16. The van der Waals surface area contributed by atoms with E-state index >= 15 is 0 Å². The summed E-state index contributed by atoms with van der Waals surface area (Å²) in [5, 5.41) is 1.80. The Morgan fingerprint density at radius 1 is 1.35 bits per heavy atom. The number of hydrogen-bond donors (Lipinski definition) is 1. The van der Waals surface area contributed by atoms with Crippen LogP contribution >= 0.6 is 22.9 Å². The Balaban J connectivity index is 2.17. The number of aryl methyl sites for hydroxylation is 1. The van der Waals surface area contributed by atoms with Crippen LogP contribution in [0.2, 0.25) is 5.02 Å². The number of aromatic nitrogens is 1. The number of benzene rings is 1. The predicted octanol–water partition coefficient (Wildman–Crippen LogP) is 3.84. The molecule has 108 valence electrons. The van der Waals surface area contributed by atoms with Gasteiger partial charge in [-0.3, -0.25) is 0 Å². The number of thiazole rings is 1. The van der Waals surface area contributed by atoms with Crippen molar-refractivity contribution in [3.63, 3.8) is 0 Å². The molecule has 0 amide bonds. The first kappa shape index (κ1) is 15.3. The van der Waals surface area contributed by atoms with Crippen molar-refractivity contribution in [3.05, 3.63) is 45.4 Å². The summed E-state index contributed by atoms with van der Waals surface area (Å²) in [6, 6.07) is 7.91. The molecule has 2 N–H and O–H groups in total. The fourth-order valence-corrected chi connectivity index (χ4v) is 3.22. The number of hydrogen-bond acceptors (Lipinski definition) is 4. The predicted molar refractivity (Wildman–Crippen MR) is 87.6 cm³/mol. The summed E-state index contributed by atoms with van der Waals surface area (Å²) in [5.41, 5.74) is 8.05. The standard InChI is InChI=1S/C15H20ClN3S/c1-3-6-13-14(9-17)20-15(18-13)19(2)10-11-7-4-5-8-12(11)16/h4-5,7-8H,3,6,9-10,17H2,1-2H3. The molecule has 0 saturated carbocycles. The minimum atomic E-state index is 0.562. The number of nitrogens with zero attached hydrogens (tertiary/aromatic N) is 2. The van der Waals surface area contributed by atoms with Crippen LogP contribution in [-0.2, 0) is 19.5 Å². The van der Waals surface area contributed by atoms with Gasteiger partial charge in [0.2, 0.25) is 0 Å². The molecule has 0 bridgehead atoms. The van der Waals surface area contributed by atoms with Crippen molar-refractivity contribution in [2.45, 2.75) is 32.9 Å². The molecule has 0 radical (unpaired) electrons. The third kappa shape index (κ3) is 3.51.